The van der Waals surface area contributed by atoms with Crippen molar-refractivity contribution < 1.29 is 9.90 Å². The van der Waals surface area contributed by atoms with Gasteiger partial charge in [-0.1, -0.05) is 53.5 Å². The van der Waals surface area contributed by atoms with Crippen LogP contribution in [0.15, 0.2) is 48.5 Å². The Hall–Kier alpha value is -1.75. The molecule has 3 N–H and O–H groups in total. The number of halogens is 2. The lowest BCUT2D eigenvalue weighted by molar-refractivity contribution is 0.225. The van der Waals surface area contributed by atoms with Crippen molar-refractivity contribution in [3.05, 3.63) is 64.1 Å². The third-order valence-electron chi connectivity index (χ3n) is 2.87. The van der Waals surface area contributed by atoms with Crippen LogP contribution in [-0.4, -0.2) is 17.7 Å². The van der Waals surface area contributed by atoms with Crippen LogP contribution in [0.1, 0.15) is 11.6 Å². The first-order valence-electron chi connectivity index (χ1n) is 6.28. The monoisotopic (exact) mass is 324 g/mol. The third kappa shape index (κ3) is 4.36. The van der Waals surface area contributed by atoms with Gasteiger partial charge in [0, 0.05) is 5.69 Å². The second-order valence-electron chi connectivity index (χ2n) is 4.37. The molecule has 6 heteroatoms. The van der Waals surface area contributed by atoms with Gasteiger partial charge in [-0.2, -0.15) is 0 Å². The van der Waals surface area contributed by atoms with Crippen molar-refractivity contribution in [1.29, 1.82) is 0 Å². The Morgan fingerprint density at radius 2 is 1.81 bits per heavy atom. The van der Waals surface area contributed by atoms with Crippen LogP contribution in [0, 0.1) is 0 Å². The number of aliphatic hydroxyl groups is 1. The average Bonchev–Trinajstić information content (AvgIpc) is 2.49. The Bertz CT molecular complexity index is 620. The van der Waals surface area contributed by atoms with Crippen LogP contribution < -0.4 is 10.6 Å². The van der Waals surface area contributed by atoms with E-state index < -0.39 is 12.1 Å². The van der Waals surface area contributed by atoms with Crippen molar-refractivity contribution in [3.8, 4) is 0 Å². The zero-order valence-electron chi connectivity index (χ0n) is 11.0. The van der Waals surface area contributed by atoms with Gasteiger partial charge in [0.25, 0.3) is 0 Å². The highest BCUT2D eigenvalue weighted by Gasteiger charge is 2.13. The van der Waals surface area contributed by atoms with E-state index in [-0.39, 0.29) is 6.61 Å². The highest BCUT2D eigenvalue weighted by atomic mass is 35.5. The summed E-state index contributed by atoms with van der Waals surface area (Å²) >= 11 is 11.7. The minimum Gasteiger partial charge on any atom is -0.394 e. The number of urea groups is 1. The molecule has 0 aliphatic carbocycles. The maximum Gasteiger partial charge on any atom is 0.319 e. The summed E-state index contributed by atoms with van der Waals surface area (Å²) in [6, 6.07) is 13.1. The fourth-order valence-electron chi connectivity index (χ4n) is 1.82. The molecule has 2 amide bonds. The third-order valence-corrected chi connectivity index (χ3v) is 3.61. The number of benzene rings is 2. The van der Waals surface area contributed by atoms with Gasteiger partial charge in [-0.15, -0.1) is 0 Å². The van der Waals surface area contributed by atoms with E-state index in [9.17, 15) is 9.90 Å². The summed E-state index contributed by atoms with van der Waals surface area (Å²) in [5.41, 5.74) is 1.34. The second kappa shape index (κ2) is 7.31. The number of rotatable bonds is 4. The van der Waals surface area contributed by atoms with E-state index in [4.69, 9.17) is 23.2 Å². The van der Waals surface area contributed by atoms with Gasteiger partial charge >= 0.3 is 6.03 Å². The molecule has 0 heterocycles. The number of hydrogen-bond donors (Lipinski definition) is 3. The minimum atomic E-state index is -0.478. The van der Waals surface area contributed by atoms with E-state index in [1.54, 1.807) is 18.2 Å². The smallest absolute Gasteiger partial charge is 0.319 e. The number of amides is 2. The van der Waals surface area contributed by atoms with Crippen LogP contribution in [0.5, 0.6) is 0 Å². The topological polar surface area (TPSA) is 61.4 Å². The summed E-state index contributed by atoms with van der Waals surface area (Å²) in [7, 11) is 0. The summed E-state index contributed by atoms with van der Waals surface area (Å²) in [5, 5.41) is 15.5. The highest BCUT2D eigenvalue weighted by Crippen LogP contribution is 2.25. The molecule has 0 bridgehead atoms. The van der Waals surface area contributed by atoms with E-state index in [2.05, 4.69) is 10.6 Å². The number of aliphatic hydroxyl groups excluding tert-OH is 1. The normalized spacial score (nSPS) is 11.8. The van der Waals surface area contributed by atoms with Crippen molar-refractivity contribution in [3.63, 3.8) is 0 Å². The number of hydrogen-bond acceptors (Lipinski definition) is 2. The van der Waals surface area contributed by atoms with E-state index in [1.165, 1.54) is 0 Å². The summed E-state index contributed by atoms with van der Waals surface area (Å²) in [5.74, 6) is 0. The maximum absolute atomic E-state index is 11.9. The van der Waals surface area contributed by atoms with Crippen molar-refractivity contribution in [2.75, 3.05) is 11.9 Å². The van der Waals surface area contributed by atoms with Gasteiger partial charge in [-0.25, -0.2) is 4.79 Å². The summed E-state index contributed by atoms with van der Waals surface area (Å²) in [4.78, 5) is 11.9. The molecule has 0 aromatic heterocycles. The first-order chi connectivity index (χ1) is 10.1. The molecule has 21 heavy (non-hydrogen) atoms. The molecule has 1 atom stereocenters. The van der Waals surface area contributed by atoms with Crippen LogP contribution in [0.4, 0.5) is 10.5 Å². The summed E-state index contributed by atoms with van der Waals surface area (Å²) in [6.45, 7) is -0.196. The molecule has 0 aliphatic rings. The van der Waals surface area contributed by atoms with Gasteiger partial charge in [0.2, 0.25) is 0 Å². The summed E-state index contributed by atoms with van der Waals surface area (Å²) in [6.07, 6.45) is 0. The quantitative estimate of drug-likeness (QED) is 0.800. The molecule has 0 saturated carbocycles. The molecule has 2 rings (SSSR count). The molecule has 110 valence electrons. The first kappa shape index (κ1) is 15.6. The fourth-order valence-corrected chi connectivity index (χ4v) is 2.12. The minimum absolute atomic E-state index is 0.196. The SMILES string of the molecule is O=C(Nc1ccc(Cl)c(Cl)c1)NC(CO)c1ccccc1. The Morgan fingerprint density at radius 3 is 2.43 bits per heavy atom. The van der Waals surface area contributed by atoms with Gasteiger partial charge in [0.05, 0.1) is 22.7 Å². The number of nitrogens with one attached hydrogen (secondary N) is 2. The van der Waals surface area contributed by atoms with Gasteiger partial charge in [0.1, 0.15) is 0 Å². The molecule has 0 aliphatic heterocycles. The van der Waals surface area contributed by atoms with Crippen molar-refractivity contribution >= 4 is 34.9 Å². The predicted molar refractivity (Wildman–Crippen MR) is 84.9 cm³/mol. The molecule has 0 radical (unpaired) electrons. The van der Waals surface area contributed by atoms with Gasteiger partial charge in [0.15, 0.2) is 0 Å². The molecular formula is C15H14Cl2N2O2. The van der Waals surface area contributed by atoms with Crippen molar-refractivity contribution in [2.45, 2.75) is 6.04 Å². The number of anilines is 1. The van der Waals surface area contributed by atoms with Gasteiger partial charge < -0.3 is 15.7 Å². The van der Waals surface area contributed by atoms with Crippen molar-refractivity contribution in [1.82, 2.24) is 5.32 Å². The largest absolute Gasteiger partial charge is 0.394 e. The van der Waals surface area contributed by atoms with Crippen molar-refractivity contribution in [2.24, 2.45) is 0 Å². The Kier molecular flexibility index (Phi) is 5.44. The fraction of sp³-hybridized carbons (Fsp3) is 0.133. The summed E-state index contributed by atoms with van der Waals surface area (Å²) < 4.78 is 0. The molecular weight excluding hydrogens is 311 g/mol. The molecule has 2 aromatic rings. The zero-order valence-corrected chi connectivity index (χ0v) is 12.5. The molecule has 0 fully saturated rings. The van der Waals surface area contributed by atoms with E-state index >= 15 is 0 Å². The molecule has 2 aromatic carbocycles. The number of carbonyl (C=O) groups is 1. The highest BCUT2D eigenvalue weighted by molar-refractivity contribution is 6.42. The molecule has 4 nitrogen and oxygen atoms in total. The lowest BCUT2D eigenvalue weighted by Gasteiger charge is -2.17. The molecule has 1 unspecified atom stereocenters. The van der Waals surface area contributed by atoms with Crippen LogP contribution in [-0.2, 0) is 0 Å². The van der Waals surface area contributed by atoms with E-state index in [1.807, 2.05) is 30.3 Å². The second-order valence-corrected chi connectivity index (χ2v) is 5.19. The standard InChI is InChI=1S/C15H14Cl2N2O2/c16-12-7-6-11(8-13(12)17)18-15(21)19-14(9-20)10-4-2-1-3-5-10/h1-8,14,20H,9H2,(H2,18,19,21). The van der Waals surface area contributed by atoms with E-state index in [0.29, 0.717) is 15.7 Å². The number of carbonyl (C=O) groups excluding carboxylic acids is 1. The maximum atomic E-state index is 11.9. The lowest BCUT2D eigenvalue weighted by atomic mass is 10.1. The Balaban J connectivity index is 2.01. The lowest BCUT2D eigenvalue weighted by Crippen LogP contribution is -2.34. The van der Waals surface area contributed by atoms with Crippen LogP contribution >= 0.6 is 23.2 Å². The first-order valence-corrected chi connectivity index (χ1v) is 7.04. The average molecular weight is 325 g/mol. The van der Waals surface area contributed by atoms with Crippen LogP contribution in [0.2, 0.25) is 10.0 Å². The Labute approximate surface area is 132 Å². The van der Waals surface area contributed by atoms with Gasteiger partial charge in [-0.3, -0.25) is 0 Å². The Morgan fingerprint density at radius 1 is 1.10 bits per heavy atom. The van der Waals surface area contributed by atoms with Crippen LogP contribution in [0.25, 0.3) is 0 Å². The van der Waals surface area contributed by atoms with Crippen LogP contribution in [0.3, 0.4) is 0 Å². The molecule has 0 saturated heterocycles. The zero-order chi connectivity index (χ0) is 15.2. The molecule has 0 spiro atoms. The predicted octanol–water partition coefficient (Wildman–Crippen LogP) is 3.85. The van der Waals surface area contributed by atoms with E-state index in [0.717, 1.165) is 5.56 Å². The van der Waals surface area contributed by atoms with Gasteiger partial charge in [-0.05, 0) is 23.8 Å².